The number of carbonyl (C=O) groups is 8. The molecular formula is C39H70AlCl4LiN3O17P. The summed E-state index contributed by atoms with van der Waals surface area (Å²) in [6.07, 6.45) is 5.55. The van der Waals surface area contributed by atoms with Crippen molar-refractivity contribution >= 4 is 114 Å². The number of ketones is 5. The van der Waals surface area contributed by atoms with Crippen molar-refractivity contribution in [2.75, 3.05) is 33.0 Å². The summed E-state index contributed by atoms with van der Waals surface area (Å²) in [5.41, 5.74) is 4.92. The Bertz CT molecular complexity index is 1660. The molecule has 1 saturated heterocycles. The predicted molar refractivity (Wildman–Crippen MR) is 252 cm³/mol. The minimum absolute atomic E-state index is 0. The third kappa shape index (κ3) is 70.7. The summed E-state index contributed by atoms with van der Waals surface area (Å²) >= 11 is 18.5. The second-order valence-electron chi connectivity index (χ2n) is 11.9. The number of nitrogens with two attached hydrogens (primary N) is 1. The molecule has 2 aromatic heterocycles. The molecule has 2 unspecified atom stereocenters. The number of aliphatic hydroxyl groups is 3. The average molecular weight is 1060 g/mol. The molecule has 3 rings (SSSR count). The first kappa shape index (κ1) is 77.9. The van der Waals surface area contributed by atoms with E-state index in [-0.39, 0.29) is 87.9 Å². The number of carbonyl (C=O) groups excluding carboxylic acids is 8. The van der Waals surface area contributed by atoms with Crippen LogP contribution in [-0.2, 0) is 58.9 Å². The van der Waals surface area contributed by atoms with Gasteiger partial charge in [-0.25, -0.2) is 19.6 Å². The molecular weight excluding hydrogens is 989 g/mol. The molecule has 0 aromatic carbocycles. The standard InChI is InChI=1S/C7H9NO3.C7H12O3.C7H10O3.C5H7NO2.C4H5ClO3.C4H8O.C3H9NO.C2H6.Al.Cl3OP.Li.4H/c1-3-10-7(9)6-8-4-5(2)11-6;2*1-5(8)3-4-7(10)6(2)9;1-4-2-6-5(3-7)8-4;1-2-8-4(7)3(5)6;1-2-4-5-3-1;1-3(5)2-4;1-2;;1-5(2,3)4;;;;;/h4H,3H2,1-2H3;5,8H,3-4H2,1-2H3;3-4H2,1-2H3;2,7H,3H2,1H3;2H2,1H3;1-4H2;3,5H,2,4H2,1H3;1-2H3;;;;;;;/q;;;;;;;;;;+1;;;;-1/i;;;;;;;1D;;;;;;;. The molecule has 2 aromatic rings. The van der Waals surface area contributed by atoms with Gasteiger partial charge in [0.05, 0.1) is 37.8 Å². The van der Waals surface area contributed by atoms with Crippen LogP contribution in [0.3, 0.4) is 0 Å². The Morgan fingerprint density at radius 2 is 1.26 bits per heavy atom. The molecule has 0 spiro atoms. The number of aliphatic hydroxyl groups excluding tert-OH is 3. The van der Waals surface area contributed by atoms with Crippen molar-refractivity contribution < 1.29 is 103 Å². The van der Waals surface area contributed by atoms with Gasteiger partial charge in [-0.2, -0.15) is 0 Å². The van der Waals surface area contributed by atoms with Crippen LogP contribution in [-0.4, -0.2) is 134 Å². The summed E-state index contributed by atoms with van der Waals surface area (Å²) in [6.45, 7) is 19.0. The van der Waals surface area contributed by atoms with Crippen molar-refractivity contribution in [3.63, 3.8) is 0 Å². The van der Waals surface area contributed by atoms with Gasteiger partial charge in [0.2, 0.25) is 5.89 Å². The van der Waals surface area contributed by atoms with Gasteiger partial charge in [0.25, 0.3) is 0 Å². The largest absolute Gasteiger partial charge is 1.00 e. The number of rotatable bonds is 14. The molecule has 0 amide bonds. The average Bonchev–Trinajstić information content (AvgIpc) is 4.02. The SMILES string of the molecule is C1CCOC1.CC(=O)C(=O)CCC(C)O.CC(=O)CCC(=O)C(C)=O.CC(O)CN.CCOC(=O)C(=O)Cl.CCOC(=O)c1ncc(C)o1.Cc1cnc(CO)o1.O=P(Cl)(Cl)Cl.[2H]CC.[AlH3].[H-].[Li+]. The van der Waals surface area contributed by atoms with E-state index in [1.165, 1.54) is 39.8 Å². The smallest absolute Gasteiger partial charge is 1.00 e. The van der Waals surface area contributed by atoms with E-state index in [1.807, 2.05) is 0 Å². The number of ether oxygens (including phenoxy) is 3. The number of aryl methyl sites for hydroxylation is 2. The van der Waals surface area contributed by atoms with Crippen LogP contribution >= 0.6 is 50.5 Å². The summed E-state index contributed by atoms with van der Waals surface area (Å²) < 4.78 is 39.3. The van der Waals surface area contributed by atoms with E-state index in [2.05, 4.69) is 53.2 Å². The number of aromatic nitrogens is 2. The van der Waals surface area contributed by atoms with Gasteiger partial charge in [0, 0.05) is 54.2 Å². The predicted octanol–water partition coefficient (Wildman–Crippen LogP) is 2.66. The maximum absolute atomic E-state index is 10.9. The Balaban J connectivity index is -0.0000000835. The van der Waals surface area contributed by atoms with Gasteiger partial charge >= 0.3 is 47.1 Å². The molecule has 1 fully saturated rings. The van der Waals surface area contributed by atoms with Crippen LogP contribution in [0.5, 0.6) is 0 Å². The molecule has 0 aliphatic carbocycles. The van der Waals surface area contributed by atoms with Gasteiger partial charge in [0.1, 0.15) is 23.9 Å². The minimum atomic E-state index is -3.22. The first-order chi connectivity index (χ1) is 30.0. The quantitative estimate of drug-likeness (QED) is 0.0695. The van der Waals surface area contributed by atoms with E-state index < -0.39 is 51.6 Å². The first-order valence-electron chi connectivity index (χ1n) is 19.9. The third-order valence-corrected chi connectivity index (χ3v) is 5.91. The summed E-state index contributed by atoms with van der Waals surface area (Å²) in [6, 6.07) is 0. The second-order valence-corrected chi connectivity index (χ2v) is 18.8. The molecule has 27 heteroatoms. The molecule has 20 nitrogen and oxygen atoms in total. The number of esters is 2. The fourth-order valence-corrected chi connectivity index (χ4v) is 2.85. The van der Waals surface area contributed by atoms with Crippen molar-refractivity contribution in [2.24, 2.45) is 5.73 Å². The zero-order valence-corrected chi connectivity index (χ0v) is 42.9. The van der Waals surface area contributed by atoms with Crippen LogP contribution in [0.4, 0.5) is 0 Å². The fraction of sp³-hybridized carbons (Fsp3) is 0.641. The summed E-state index contributed by atoms with van der Waals surface area (Å²) in [5.74, 6) is -1.60. The van der Waals surface area contributed by atoms with E-state index in [4.69, 9.17) is 47.6 Å². The molecule has 0 bridgehead atoms. The zero-order chi connectivity index (χ0) is 52.1. The maximum Gasteiger partial charge on any atom is 1.00 e. The van der Waals surface area contributed by atoms with Crippen LogP contribution < -0.4 is 24.6 Å². The molecule has 1 aliphatic rings. The van der Waals surface area contributed by atoms with E-state index in [1.54, 1.807) is 54.7 Å². The second kappa shape index (κ2) is 53.7. The Hall–Kier alpha value is -2.30. The molecule has 2 atom stereocenters. The van der Waals surface area contributed by atoms with E-state index in [0.717, 1.165) is 19.0 Å². The number of oxazole rings is 2. The monoisotopic (exact) mass is 1060 g/mol. The Morgan fingerprint density at radius 3 is 1.48 bits per heavy atom. The molecule has 1 aliphatic heterocycles. The van der Waals surface area contributed by atoms with Crippen LogP contribution in [0, 0.1) is 13.8 Å². The van der Waals surface area contributed by atoms with E-state index in [9.17, 15) is 42.9 Å². The van der Waals surface area contributed by atoms with E-state index >= 15 is 0 Å². The van der Waals surface area contributed by atoms with Crippen molar-refractivity contribution in [3.05, 3.63) is 35.7 Å². The number of hydrogen-bond acceptors (Lipinski definition) is 20. The van der Waals surface area contributed by atoms with Gasteiger partial charge < -0.3 is 50.3 Å². The van der Waals surface area contributed by atoms with Crippen LogP contribution in [0.15, 0.2) is 21.2 Å². The minimum Gasteiger partial charge on any atom is -1.00 e. The summed E-state index contributed by atoms with van der Waals surface area (Å²) in [4.78, 5) is 90.2. The van der Waals surface area contributed by atoms with Gasteiger partial charge in [-0.3, -0.25) is 28.5 Å². The van der Waals surface area contributed by atoms with Crippen LogP contribution in [0.1, 0.15) is 132 Å². The normalized spacial score (nSPS) is 11.2. The maximum atomic E-state index is 10.9. The van der Waals surface area contributed by atoms with Crippen molar-refractivity contribution in [2.45, 2.75) is 133 Å². The fourth-order valence-electron chi connectivity index (χ4n) is 2.80. The van der Waals surface area contributed by atoms with Gasteiger partial charge in [-0.1, -0.05) is 13.8 Å². The number of nitrogens with zero attached hydrogens (tertiary/aromatic N) is 2. The molecule has 3 heterocycles. The van der Waals surface area contributed by atoms with Crippen LogP contribution in [0.25, 0.3) is 0 Å². The Labute approximate surface area is 432 Å². The van der Waals surface area contributed by atoms with Crippen LogP contribution in [0.2, 0.25) is 0 Å². The third-order valence-electron chi connectivity index (χ3n) is 5.76. The Morgan fingerprint density at radius 1 is 0.848 bits per heavy atom. The number of hydrogen-bond donors (Lipinski definition) is 4. The van der Waals surface area contributed by atoms with E-state index in [0.29, 0.717) is 38.1 Å². The van der Waals surface area contributed by atoms with Gasteiger partial charge in [-0.15, -0.1) is 0 Å². The molecule has 380 valence electrons. The Kier molecular flexibility index (Phi) is 63.3. The summed E-state index contributed by atoms with van der Waals surface area (Å²) in [7, 11) is 0. The molecule has 66 heavy (non-hydrogen) atoms. The summed E-state index contributed by atoms with van der Waals surface area (Å²) in [5, 5.41) is 21.1. The van der Waals surface area contributed by atoms with Crippen molar-refractivity contribution in [1.82, 2.24) is 9.97 Å². The molecule has 0 saturated carbocycles. The van der Waals surface area contributed by atoms with Gasteiger partial charge in [0.15, 0.2) is 40.5 Å². The van der Waals surface area contributed by atoms with Crippen molar-refractivity contribution in [3.8, 4) is 0 Å². The van der Waals surface area contributed by atoms with Crippen molar-refractivity contribution in [1.29, 1.82) is 0 Å². The topological polar surface area (TPSA) is 320 Å². The van der Waals surface area contributed by atoms with Gasteiger partial charge in [-0.05, 0) is 113 Å². The zero-order valence-electron chi connectivity index (χ0n) is 41.0. The molecule has 5 N–H and O–H groups in total. The first-order valence-corrected chi connectivity index (χ1v) is 24.0. The number of halogens is 4. The molecule has 0 radical (unpaired) electrons. The number of Topliss-reactive ketones (excluding diaryl/α,β-unsaturated/α-hetero) is 5.